The number of alkyl halides is 1. The molecule has 0 radical (unpaired) electrons. The largest absolute Gasteiger partial charge is 0.495 e. The van der Waals surface area contributed by atoms with Crippen molar-refractivity contribution in [3.05, 3.63) is 22.7 Å². The summed E-state index contributed by atoms with van der Waals surface area (Å²) >= 11 is 11.7. The quantitative estimate of drug-likeness (QED) is 0.850. The molecule has 4 nitrogen and oxygen atoms in total. The number of hydrogen-bond acceptors (Lipinski definition) is 3. The molecule has 0 bridgehead atoms. The van der Waals surface area contributed by atoms with Crippen LogP contribution in [0.4, 0.5) is 0 Å². The minimum absolute atomic E-state index is 0.0261. The van der Waals surface area contributed by atoms with Gasteiger partial charge in [-0.05, 0) is 25.0 Å². The molecule has 0 spiro atoms. The van der Waals surface area contributed by atoms with Gasteiger partial charge in [-0.1, -0.05) is 11.6 Å². The molecule has 0 aromatic heterocycles. The molecule has 0 unspecified atom stereocenters. The Labute approximate surface area is 116 Å². The number of halogens is 2. The standard InChI is InChI=1S/C11H13Cl2NO3S/c1-17-11-7(6-12)4-8(13)5-10(11)18(15,16)14-9-2-3-9/h4-5,9,14H,2-3,6H2,1H3. The van der Waals surface area contributed by atoms with Crippen LogP contribution in [0.25, 0.3) is 0 Å². The maximum atomic E-state index is 12.2. The lowest BCUT2D eigenvalue weighted by Crippen LogP contribution is -2.26. The first-order valence-electron chi connectivity index (χ1n) is 5.42. The van der Waals surface area contributed by atoms with E-state index in [2.05, 4.69) is 4.72 Å². The molecule has 0 aliphatic heterocycles. The first-order chi connectivity index (χ1) is 8.47. The molecular weight excluding hydrogens is 297 g/mol. The summed E-state index contributed by atoms with van der Waals surface area (Å²) in [7, 11) is -2.20. The summed E-state index contributed by atoms with van der Waals surface area (Å²) < 4.78 is 32.1. The van der Waals surface area contributed by atoms with Crippen LogP contribution in [-0.2, 0) is 15.9 Å². The molecular formula is C11H13Cl2NO3S. The van der Waals surface area contributed by atoms with Gasteiger partial charge in [-0.3, -0.25) is 0 Å². The van der Waals surface area contributed by atoms with Crippen LogP contribution in [0.3, 0.4) is 0 Å². The van der Waals surface area contributed by atoms with Gasteiger partial charge in [0.15, 0.2) is 0 Å². The van der Waals surface area contributed by atoms with E-state index >= 15 is 0 Å². The molecule has 1 aromatic carbocycles. The van der Waals surface area contributed by atoms with Crippen LogP contribution < -0.4 is 9.46 Å². The number of benzene rings is 1. The van der Waals surface area contributed by atoms with Crippen molar-refractivity contribution in [1.82, 2.24) is 4.72 Å². The van der Waals surface area contributed by atoms with Crippen LogP contribution in [0.2, 0.25) is 5.02 Å². The molecule has 100 valence electrons. The molecule has 1 N–H and O–H groups in total. The SMILES string of the molecule is COc1c(CCl)cc(Cl)cc1S(=O)(=O)NC1CC1. The first kappa shape index (κ1) is 13.9. The Morgan fingerprint density at radius 3 is 2.61 bits per heavy atom. The summed E-state index contributed by atoms with van der Waals surface area (Å²) in [5.41, 5.74) is 0.558. The van der Waals surface area contributed by atoms with Gasteiger partial charge in [0.1, 0.15) is 10.6 Å². The van der Waals surface area contributed by atoms with Gasteiger partial charge in [0.25, 0.3) is 0 Å². The Balaban J connectivity index is 2.50. The zero-order valence-electron chi connectivity index (χ0n) is 9.74. The molecule has 0 atom stereocenters. The summed E-state index contributed by atoms with van der Waals surface area (Å²) in [5.74, 6) is 0.387. The monoisotopic (exact) mass is 309 g/mol. The van der Waals surface area contributed by atoms with Crippen molar-refractivity contribution < 1.29 is 13.2 Å². The first-order valence-corrected chi connectivity index (χ1v) is 7.82. The lowest BCUT2D eigenvalue weighted by molar-refractivity contribution is 0.398. The molecule has 1 saturated carbocycles. The fraction of sp³-hybridized carbons (Fsp3) is 0.455. The molecule has 7 heteroatoms. The van der Waals surface area contributed by atoms with Gasteiger partial charge in [-0.15, -0.1) is 11.6 Å². The Morgan fingerprint density at radius 2 is 2.11 bits per heavy atom. The minimum Gasteiger partial charge on any atom is -0.495 e. The van der Waals surface area contributed by atoms with E-state index in [-0.39, 0.29) is 22.6 Å². The zero-order valence-corrected chi connectivity index (χ0v) is 12.1. The lowest BCUT2D eigenvalue weighted by atomic mass is 10.2. The summed E-state index contributed by atoms with van der Waals surface area (Å²) in [6.07, 6.45) is 1.73. The molecule has 1 aliphatic carbocycles. The minimum atomic E-state index is -3.61. The van der Waals surface area contributed by atoms with Crippen molar-refractivity contribution >= 4 is 33.2 Å². The van der Waals surface area contributed by atoms with E-state index in [1.807, 2.05) is 0 Å². The summed E-state index contributed by atoms with van der Waals surface area (Å²) in [4.78, 5) is 0.0417. The van der Waals surface area contributed by atoms with E-state index in [1.54, 1.807) is 6.07 Å². The molecule has 0 heterocycles. The van der Waals surface area contributed by atoms with E-state index < -0.39 is 10.0 Å². The fourth-order valence-corrected chi connectivity index (χ4v) is 3.68. The van der Waals surface area contributed by atoms with E-state index in [0.29, 0.717) is 10.6 Å². The van der Waals surface area contributed by atoms with Crippen molar-refractivity contribution in [3.8, 4) is 5.75 Å². The second kappa shape index (κ2) is 5.25. The topological polar surface area (TPSA) is 55.4 Å². The maximum absolute atomic E-state index is 12.2. The Bertz CT molecular complexity index is 556. The van der Waals surface area contributed by atoms with Crippen LogP contribution in [0, 0.1) is 0 Å². The number of rotatable bonds is 5. The third-order valence-corrected chi connectivity index (χ3v) is 4.67. The number of nitrogens with one attached hydrogen (secondary N) is 1. The maximum Gasteiger partial charge on any atom is 0.244 e. The van der Waals surface area contributed by atoms with Gasteiger partial charge in [-0.2, -0.15) is 0 Å². The molecule has 1 fully saturated rings. The third kappa shape index (κ3) is 2.91. The molecule has 2 rings (SSSR count). The smallest absolute Gasteiger partial charge is 0.244 e. The number of hydrogen-bond donors (Lipinski definition) is 1. The fourth-order valence-electron chi connectivity index (χ4n) is 1.64. The van der Waals surface area contributed by atoms with Gasteiger partial charge in [0.05, 0.1) is 13.0 Å². The van der Waals surface area contributed by atoms with Crippen molar-refractivity contribution in [3.63, 3.8) is 0 Å². The van der Waals surface area contributed by atoms with E-state index in [1.165, 1.54) is 13.2 Å². The second-order valence-corrected chi connectivity index (χ2v) is 6.51. The normalized spacial score (nSPS) is 15.7. The summed E-state index contributed by atoms with van der Waals surface area (Å²) in [5, 5.41) is 0.322. The average molecular weight is 310 g/mol. The predicted octanol–water partition coefficient (Wildman–Crippen LogP) is 2.53. The van der Waals surface area contributed by atoms with E-state index in [9.17, 15) is 8.42 Å². The predicted molar refractivity (Wildman–Crippen MR) is 70.9 cm³/mol. The second-order valence-electron chi connectivity index (χ2n) is 4.13. The Hall–Kier alpha value is -0.490. The van der Waals surface area contributed by atoms with Crippen LogP contribution in [0.5, 0.6) is 5.75 Å². The number of methoxy groups -OCH3 is 1. The Kier molecular flexibility index (Phi) is 4.06. The van der Waals surface area contributed by atoms with Gasteiger partial charge < -0.3 is 4.74 Å². The highest BCUT2D eigenvalue weighted by Crippen LogP contribution is 2.34. The summed E-state index contributed by atoms with van der Waals surface area (Å²) in [6.45, 7) is 0. The van der Waals surface area contributed by atoms with Crippen LogP contribution >= 0.6 is 23.2 Å². The van der Waals surface area contributed by atoms with Gasteiger partial charge >= 0.3 is 0 Å². The highest BCUT2D eigenvalue weighted by molar-refractivity contribution is 7.89. The van der Waals surface area contributed by atoms with Crippen molar-refractivity contribution in [1.29, 1.82) is 0 Å². The van der Waals surface area contributed by atoms with Gasteiger partial charge in [-0.25, -0.2) is 13.1 Å². The van der Waals surface area contributed by atoms with Crippen LogP contribution in [-0.4, -0.2) is 21.6 Å². The van der Waals surface area contributed by atoms with E-state index in [4.69, 9.17) is 27.9 Å². The number of ether oxygens (including phenoxy) is 1. The highest BCUT2D eigenvalue weighted by atomic mass is 35.5. The van der Waals surface area contributed by atoms with Crippen molar-refractivity contribution in [2.24, 2.45) is 0 Å². The molecule has 1 aliphatic rings. The van der Waals surface area contributed by atoms with Crippen LogP contribution in [0.15, 0.2) is 17.0 Å². The summed E-state index contributed by atoms with van der Waals surface area (Å²) in [6, 6.07) is 3.00. The van der Waals surface area contributed by atoms with Crippen molar-refractivity contribution in [2.45, 2.75) is 29.7 Å². The molecule has 0 saturated heterocycles. The molecule has 1 aromatic rings. The molecule has 0 amide bonds. The highest BCUT2D eigenvalue weighted by Gasteiger charge is 2.30. The Morgan fingerprint density at radius 1 is 1.44 bits per heavy atom. The molecule has 18 heavy (non-hydrogen) atoms. The van der Waals surface area contributed by atoms with Crippen LogP contribution in [0.1, 0.15) is 18.4 Å². The van der Waals surface area contributed by atoms with Gasteiger partial charge in [0.2, 0.25) is 10.0 Å². The lowest BCUT2D eigenvalue weighted by Gasteiger charge is -2.13. The average Bonchev–Trinajstić information content (AvgIpc) is 3.11. The van der Waals surface area contributed by atoms with E-state index in [0.717, 1.165) is 12.8 Å². The van der Waals surface area contributed by atoms with Crippen molar-refractivity contribution in [2.75, 3.05) is 7.11 Å². The zero-order chi connectivity index (χ0) is 13.3. The third-order valence-electron chi connectivity index (χ3n) is 2.63. The van der Waals surface area contributed by atoms with Gasteiger partial charge in [0, 0.05) is 16.6 Å². The number of sulfonamides is 1.